The molecule has 2 aromatic heterocycles. The maximum Gasteiger partial charge on any atom is 0.222 e. The van der Waals surface area contributed by atoms with Crippen LogP contribution in [-0.4, -0.2) is 65.2 Å². The van der Waals surface area contributed by atoms with E-state index in [1.54, 1.807) is 13.3 Å². The number of amides is 1. The van der Waals surface area contributed by atoms with Gasteiger partial charge in [-0.1, -0.05) is 0 Å². The molecule has 1 aliphatic heterocycles. The second kappa shape index (κ2) is 9.28. The number of nitrogens with zero attached hydrogens (tertiary/aromatic N) is 4. The highest BCUT2D eigenvalue weighted by Crippen LogP contribution is 2.21. The van der Waals surface area contributed by atoms with Crippen molar-refractivity contribution >= 4 is 17.1 Å². The van der Waals surface area contributed by atoms with Crippen LogP contribution >= 0.6 is 0 Å². The van der Waals surface area contributed by atoms with Gasteiger partial charge in [-0.3, -0.25) is 4.79 Å². The second-order valence-electron chi connectivity index (χ2n) is 7.39. The summed E-state index contributed by atoms with van der Waals surface area (Å²) in [5, 5.41) is 3.35. The fraction of sp³-hybridized carbons (Fsp3) is 0.650. The van der Waals surface area contributed by atoms with E-state index < -0.39 is 0 Å². The number of pyridine rings is 1. The molecule has 0 spiro atoms. The number of imidazole rings is 1. The van der Waals surface area contributed by atoms with E-state index in [9.17, 15) is 4.79 Å². The summed E-state index contributed by atoms with van der Waals surface area (Å²) in [7, 11) is 3.65. The van der Waals surface area contributed by atoms with Crippen LogP contribution in [0.1, 0.15) is 44.5 Å². The Balaban J connectivity index is 1.64. The molecule has 0 aromatic carbocycles. The fourth-order valence-corrected chi connectivity index (χ4v) is 3.90. The third-order valence-electron chi connectivity index (χ3n) is 5.41. The van der Waals surface area contributed by atoms with E-state index in [1.165, 1.54) is 0 Å². The van der Waals surface area contributed by atoms with Crippen LogP contribution in [0.15, 0.2) is 18.3 Å². The number of fused-ring (bicyclic) bond motifs is 1. The lowest BCUT2D eigenvalue weighted by Gasteiger charge is -2.31. The topological polar surface area (TPSA) is 72.3 Å². The van der Waals surface area contributed by atoms with Gasteiger partial charge in [-0.05, 0) is 51.4 Å². The summed E-state index contributed by atoms with van der Waals surface area (Å²) < 4.78 is 7.48. The number of hydrogen-bond donors (Lipinski definition) is 1. The highest BCUT2D eigenvalue weighted by atomic mass is 16.5. The summed E-state index contributed by atoms with van der Waals surface area (Å²) in [6.07, 6.45) is 5.97. The van der Waals surface area contributed by atoms with Gasteiger partial charge in [0.1, 0.15) is 11.3 Å². The number of aromatic nitrogens is 3. The molecule has 7 nitrogen and oxygen atoms in total. The predicted octanol–water partition coefficient (Wildman–Crippen LogP) is 2.17. The molecule has 2 aromatic rings. The zero-order valence-corrected chi connectivity index (χ0v) is 16.6. The van der Waals surface area contributed by atoms with Crippen molar-refractivity contribution in [2.45, 2.75) is 51.1 Å². The van der Waals surface area contributed by atoms with E-state index in [4.69, 9.17) is 9.72 Å². The third kappa shape index (κ3) is 4.65. The number of rotatable bonds is 8. The fourth-order valence-electron chi connectivity index (χ4n) is 3.90. The van der Waals surface area contributed by atoms with Gasteiger partial charge in [0.25, 0.3) is 0 Å². The van der Waals surface area contributed by atoms with Gasteiger partial charge in [-0.15, -0.1) is 0 Å². The lowest BCUT2D eigenvalue weighted by atomic mass is 10.0. The van der Waals surface area contributed by atoms with E-state index in [1.807, 2.05) is 24.1 Å². The molecule has 0 aliphatic carbocycles. The minimum Gasteiger partial charge on any atom is -0.383 e. The van der Waals surface area contributed by atoms with Crippen LogP contribution in [0.5, 0.6) is 0 Å². The zero-order chi connectivity index (χ0) is 19.2. The molecule has 0 saturated carbocycles. The second-order valence-corrected chi connectivity index (χ2v) is 7.39. The molecule has 0 radical (unpaired) electrons. The van der Waals surface area contributed by atoms with Crippen LogP contribution in [0.25, 0.3) is 11.2 Å². The summed E-state index contributed by atoms with van der Waals surface area (Å²) in [5.41, 5.74) is 1.78. The number of aryl methyl sites for hydroxylation is 1. The van der Waals surface area contributed by atoms with Crippen molar-refractivity contribution < 1.29 is 9.53 Å². The lowest BCUT2D eigenvalue weighted by Crippen LogP contribution is -2.43. The first-order valence-corrected chi connectivity index (χ1v) is 9.89. The van der Waals surface area contributed by atoms with Crippen molar-refractivity contribution in [1.29, 1.82) is 0 Å². The Morgan fingerprint density at radius 1 is 1.44 bits per heavy atom. The van der Waals surface area contributed by atoms with E-state index in [0.717, 1.165) is 55.8 Å². The average molecular weight is 374 g/mol. The quantitative estimate of drug-likeness (QED) is 0.768. The van der Waals surface area contributed by atoms with Crippen molar-refractivity contribution in [3.8, 4) is 0 Å². The lowest BCUT2D eigenvalue weighted by molar-refractivity contribution is -0.132. The number of carbonyl (C=O) groups is 1. The van der Waals surface area contributed by atoms with Crippen LogP contribution in [0, 0.1) is 0 Å². The minimum atomic E-state index is 0.151. The molecule has 0 unspecified atom stereocenters. The van der Waals surface area contributed by atoms with Crippen LogP contribution in [-0.2, 0) is 16.0 Å². The van der Waals surface area contributed by atoms with Crippen LogP contribution < -0.4 is 5.32 Å². The first-order valence-electron chi connectivity index (χ1n) is 9.89. The molecule has 1 atom stereocenters. The van der Waals surface area contributed by atoms with Gasteiger partial charge in [-0.2, -0.15) is 0 Å². The highest BCUT2D eigenvalue weighted by molar-refractivity contribution is 5.76. The number of ether oxygens (including phenoxy) is 1. The Morgan fingerprint density at radius 2 is 2.22 bits per heavy atom. The average Bonchev–Trinajstić information content (AvgIpc) is 3.06. The Hall–Kier alpha value is -1.99. The summed E-state index contributed by atoms with van der Waals surface area (Å²) >= 11 is 0. The molecule has 1 amide bonds. The maximum absolute atomic E-state index is 12.6. The number of hydrogen-bond acceptors (Lipinski definition) is 5. The summed E-state index contributed by atoms with van der Waals surface area (Å²) in [6.45, 7) is 4.71. The predicted molar refractivity (Wildman–Crippen MR) is 106 cm³/mol. The Labute approximate surface area is 161 Å². The number of carbonyl (C=O) groups excluding carboxylic acids is 1. The molecule has 0 bridgehead atoms. The molecular weight excluding hydrogens is 342 g/mol. The van der Waals surface area contributed by atoms with Gasteiger partial charge in [0, 0.05) is 39.2 Å². The Bertz CT molecular complexity index is 754. The first-order chi connectivity index (χ1) is 13.1. The van der Waals surface area contributed by atoms with E-state index in [0.29, 0.717) is 19.1 Å². The van der Waals surface area contributed by atoms with E-state index in [-0.39, 0.29) is 11.9 Å². The molecule has 1 fully saturated rings. The van der Waals surface area contributed by atoms with Gasteiger partial charge in [-0.25, -0.2) is 9.97 Å². The van der Waals surface area contributed by atoms with Crippen molar-refractivity contribution in [3.63, 3.8) is 0 Å². The normalized spacial score (nSPS) is 16.6. The first kappa shape index (κ1) is 19.8. The SMILES string of the molecule is COC[C@H](C)n1c(CCCC(=O)N(C)C2CCNCC2)nc2cccnc21. The van der Waals surface area contributed by atoms with E-state index >= 15 is 0 Å². The molecule has 148 valence electrons. The van der Waals surface area contributed by atoms with Gasteiger partial charge in [0.05, 0.1) is 12.6 Å². The molecule has 3 heterocycles. The number of piperidine rings is 1. The van der Waals surface area contributed by atoms with Crippen LogP contribution in [0.2, 0.25) is 0 Å². The van der Waals surface area contributed by atoms with Gasteiger partial charge >= 0.3 is 0 Å². The Kier molecular flexibility index (Phi) is 6.79. The molecule has 7 heteroatoms. The standard InChI is InChI=1S/C20H31N5O2/c1-15(14-27-3)25-18(23-17-6-5-11-22-20(17)25)7-4-8-19(26)24(2)16-9-12-21-13-10-16/h5-6,11,15-16,21H,4,7-10,12-14H2,1-3H3/t15-/m0/s1. The zero-order valence-electron chi connectivity index (χ0n) is 16.6. The van der Waals surface area contributed by atoms with Crippen molar-refractivity contribution in [3.05, 3.63) is 24.2 Å². The summed E-state index contributed by atoms with van der Waals surface area (Å²) in [4.78, 5) is 23.8. The maximum atomic E-state index is 12.6. The van der Waals surface area contributed by atoms with Crippen molar-refractivity contribution in [2.24, 2.45) is 0 Å². The highest BCUT2D eigenvalue weighted by Gasteiger charge is 2.22. The monoisotopic (exact) mass is 373 g/mol. The van der Waals surface area contributed by atoms with Gasteiger partial charge in [0.15, 0.2) is 5.65 Å². The summed E-state index contributed by atoms with van der Waals surface area (Å²) in [5.74, 6) is 1.21. The summed E-state index contributed by atoms with van der Waals surface area (Å²) in [6, 6.07) is 4.41. The molecule has 3 rings (SSSR count). The van der Waals surface area contributed by atoms with Crippen LogP contribution in [0.3, 0.4) is 0 Å². The van der Waals surface area contributed by atoms with Crippen molar-refractivity contribution in [1.82, 2.24) is 24.8 Å². The molecule has 1 saturated heterocycles. The van der Waals surface area contributed by atoms with E-state index in [2.05, 4.69) is 21.8 Å². The molecule has 1 N–H and O–H groups in total. The van der Waals surface area contributed by atoms with Gasteiger partial charge < -0.3 is 19.5 Å². The largest absolute Gasteiger partial charge is 0.383 e. The Morgan fingerprint density at radius 3 is 2.96 bits per heavy atom. The molecular formula is C20H31N5O2. The molecule has 27 heavy (non-hydrogen) atoms. The van der Waals surface area contributed by atoms with Crippen molar-refractivity contribution in [2.75, 3.05) is 33.9 Å². The number of methoxy groups -OCH3 is 1. The van der Waals surface area contributed by atoms with Gasteiger partial charge in [0.2, 0.25) is 5.91 Å². The van der Waals surface area contributed by atoms with Crippen LogP contribution in [0.4, 0.5) is 0 Å². The minimum absolute atomic E-state index is 0.151. The molecule has 1 aliphatic rings. The number of nitrogens with one attached hydrogen (secondary N) is 1. The smallest absolute Gasteiger partial charge is 0.222 e. The third-order valence-corrected chi connectivity index (χ3v) is 5.41.